The highest BCUT2D eigenvalue weighted by molar-refractivity contribution is 5.96. The number of allylic oxidation sites excluding steroid dienone is 1. The fraction of sp³-hybridized carbons (Fsp3) is 0.660. The van der Waals surface area contributed by atoms with Gasteiger partial charge in [0.1, 0.15) is 36.4 Å². The fourth-order valence-electron chi connectivity index (χ4n) is 8.01. The number of likely N-dealkylation sites (N-methyl/N-ethyl adjacent to an activating group) is 2. The van der Waals surface area contributed by atoms with Crippen LogP contribution in [0.25, 0.3) is 0 Å². The van der Waals surface area contributed by atoms with Gasteiger partial charge in [0.25, 0.3) is 5.91 Å². The van der Waals surface area contributed by atoms with E-state index >= 15 is 0 Å². The van der Waals surface area contributed by atoms with Crippen LogP contribution in [0, 0.1) is 17.8 Å². The van der Waals surface area contributed by atoms with Crippen LogP contribution >= 0.6 is 0 Å². The van der Waals surface area contributed by atoms with Gasteiger partial charge in [-0.2, -0.15) is 0 Å². The van der Waals surface area contributed by atoms with Crippen LogP contribution in [0.1, 0.15) is 133 Å². The highest BCUT2D eigenvalue weighted by Crippen LogP contribution is 2.26. The highest BCUT2D eigenvalue weighted by atomic mass is 16.6. The minimum atomic E-state index is -1.31. The van der Waals surface area contributed by atoms with E-state index in [-0.39, 0.29) is 37.4 Å². The number of ether oxygens (including phenoxy) is 3. The van der Waals surface area contributed by atoms with Crippen molar-refractivity contribution in [1.29, 1.82) is 0 Å². The third-order valence-corrected chi connectivity index (χ3v) is 12.9. The summed E-state index contributed by atoms with van der Waals surface area (Å²) in [5.41, 5.74) is 1.44. The third kappa shape index (κ3) is 20.8. The van der Waals surface area contributed by atoms with E-state index in [1.807, 2.05) is 26.8 Å². The van der Waals surface area contributed by atoms with Crippen LogP contribution in [0.4, 0.5) is 4.79 Å². The van der Waals surface area contributed by atoms with Gasteiger partial charge in [-0.3, -0.25) is 24.0 Å². The molecule has 0 saturated carbocycles. The SMILES string of the molecule is C/C=C(\C)[C@H]1OC(=O)[C@@H](C)NC(=O)[C@H](C(C)CC)NC(=O)CN(C)C(=O)[C@@H](Cc2ccccc2)N(C)C(=O)[C@H](C)NC(=O)[C@@H](CC(C)C)OC(=O)/C(C)=C/C[C@H](OC(=O)NCCCCCCCCO)[C@@H]1C. The van der Waals surface area contributed by atoms with Gasteiger partial charge in [0.2, 0.25) is 23.6 Å². The molecule has 1 aromatic rings. The number of aliphatic hydroxyl groups excluding tert-OH is 1. The summed E-state index contributed by atoms with van der Waals surface area (Å²) in [7, 11) is 2.84. The summed E-state index contributed by atoms with van der Waals surface area (Å²) >= 11 is 0. The van der Waals surface area contributed by atoms with E-state index in [0.29, 0.717) is 25.0 Å². The molecule has 71 heavy (non-hydrogen) atoms. The molecule has 18 nitrogen and oxygen atoms in total. The molecule has 1 heterocycles. The van der Waals surface area contributed by atoms with Gasteiger partial charge in [-0.25, -0.2) is 14.4 Å². The summed E-state index contributed by atoms with van der Waals surface area (Å²) in [5, 5.41) is 20.0. The molecule has 0 fully saturated rings. The number of unbranched alkanes of at least 4 members (excludes halogenated alkanes) is 5. The number of rotatable bonds is 16. The number of nitrogens with zero attached hydrogens (tertiary/aromatic N) is 2. The van der Waals surface area contributed by atoms with Crippen LogP contribution in [-0.2, 0) is 54.2 Å². The first-order valence-electron chi connectivity index (χ1n) is 25.3. The Morgan fingerprint density at radius 1 is 0.873 bits per heavy atom. The first kappa shape index (κ1) is 61.3. The fourth-order valence-corrected chi connectivity index (χ4v) is 8.01. The second kappa shape index (κ2) is 31.5. The zero-order valence-corrected chi connectivity index (χ0v) is 44.3. The minimum absolute atomic E-state index is 0.0367. The summed E-state index contributed by atoms with van der Waals surface area (Å²) in [4.78, 5) is 113. The Labute approximate surface area is 421 Å². The second-order valence-corrected chi connectivity index (χ2v) is 19.4. The van der Waals surface area contributed by atoms with Crippen LogP contribution < -0.4 is 21.3 Å². The van der Waals surface area contributed by atoms with Crippen LogP contribution in [0.3, 0.4) is 0 Å². The lowest BCUT2D eigenvalue weighted by Crippen LogP contribution is -2.57. The molecule has 0 bridgehead atoms. The van der Waals surface area contributed by atoms with Crippen LogP contribution in [0.5, 0.6) is 0 Å². The van der Waals surface area contributed by atoms with Crippen molar-refractivity contribution in [2.24, 2.45) is 17.8 Å². The molecule has 2 rings (SSSR count). The standard InChI is InChI=1S/C53H84N6O12/c1-13-34(5)45-48(63)56-39(10)52(67)71-46(35(6)14-2)37(8)42(70-53(68)54-28-22-17-15-16-18-23-29-60)27-26-36(7)51(66)69-43(30-33(3)4)47(62)55-38(9)49(64)59(12)41(31-40-24-20-19-21-25-40)50(65)58(11)32-44(61)57-45/h14,19-21,24-26,33-34,37-39,41-43,45-46,60H,13,15-18,22-23,27-32H2,1-12H3,(H,54,68)(H,55,62)(H,56,63)(H,57,61)/b35-14+,36-26+/t34?,37-,38-,39+,41+,42-,43+,45-,46+/m0/s1. The molecule has 1 aliphatic rings. The largest absolute Gasteiger partial charge is 0.456 e. The molecule has 1 aliphatic heterocycles. The first-order valence-corrected chi connectivity index (χ1v) is 25.3. The molecule has 1 unspecified atom stereocenters. The zero-order valence-electron chi connectivity index (χ0n) is 44.3. The molecule has 0 radical (unpaired) electrons. The number of carbonyl (C=O) groups excluding carboxylic acids is 8. The Morgan fingerprint density at radius 3 is 2.10 bits per heavy atom. The number of amides is 6. The summed E-state index contributed by atoms with van der Waals surface area (Å²) in [6, 6.07) is 4.35. The van der Waals surface area contributed by atoms with Gasteiger partial charge in [0.05, 0.1) is 6.54 Å². The summed E-state index contributed by atoms with van der Waals surface area (Å²) in [6.07, 6.45) is 5.04. The molecule has 0 saturated heterocycles. The van der Waals surface area contributed by atoms with Gasteiger partial charge in [0, 0.05) is 51.6 Å². The van der Waals surface area contributed by atoms with Gasteiger partial charge in [-0.05, 0) is 76.9 Å². The van der Waals surface area contributed by atoms with Crippen LogP contribution in [0.2, 0.25) is 0 Å². The molecular weight excluding hydrogens is 913 g/mol. The molecule has 9 atom stereocenters. The average molecular weight is 997 g/mol. The van der Waals surface area contributed by atoms with E-state index < -0.39 is 108 Å². The number of aliphatic hydroxyl groups is 1. The summed E-state index contributed by atoms with van der Waals surface area (Å²) in [6.45, 7) is 17.0. The zero-order chi connectivity index (χ0) is 53.4. The maximum absolute atomic E-state index is 14.3. The van der Waals surface area contributed by atoms with Crippen molar-refractivity contribution in [3.63, 3.8) is 0 Å². The quantitative estimate of drug-likeness (QED) is 0.0614. The molecule has 398 valence electrons. The van der Waals surface area contributed by atoms with Crippen molar-refractivity contribution in [2.45, 2.75) is 176 Å². The maximum atomic E-state index is 14.3. The van der Waals surface area contributed by atoms with Crippen molar-refractivity contribution in [3.05, 3.63) is 59.2 Å². The molecule has 5 N–H and O–H groups in total. The molecule has 0 aromatic heterocycles. The van der Waals surface area contributed by atoms with Crippen molar-refractivity contribution >= 4 is 47.6 Å². The predicted octanol–water partition coefficient (Wildman–Crippen LogP) is 5.30. The number of hydrogen-bond acceptors (Lipinski definition) is 12. The molecular formula is C53H84N6O12. The molecule has 18 heteroatoms. The van der Waals surface area contributed by atoms with Gasteiger partial charge >= 0.3 is 18.0 Å². The Balaban J connectivity index is 2.66. The van der Waals surface area contributed by atoms with E-state index in [2.05, 4.69) is 21.3 Å². The normalized spacial score (nSPS) is 25.8. The second-order valence-electron chi connectivity index (χ2n) is 19.4. The average Bonchev–Trinajstić information content (AvgIpc) is 3.33. The molecule has 1 aromatic carbocycles. The maximum Gasteiger partial charge on any atom is 0.407 e. The van der Waals surface area contributed by atoms with Crippen LogP contribution in [-0.4, -0.2) is 139 Å². The first-order chi connectivity index (χ1) is 33.6. The Morgan fingerprint density at radius 2 is 1.49 bits per heavy atom. The van der Waals surface area contributed by atoms with Gasteiger partial charge < -0.3 is 50.4 Å². The number of hydrogen-bond donors (Lipinski definition) is 5. The molecule has 0 aliphatic carbocycles. The van der Waals surface area contributed by atoms with Crippen molar-refractivity contribution in [1.82, 2.24) is 31.1 Å². The number of benzene rings is 1. The van der Waals surface area contributed by atoms with E-state index in [1.165, 1.54) is 45.8 Å². The van der Waals surface area contributed by atoms with E-state index in [9.17, 15) is 38.4 Å². The topological polar surface area (TPSA) is 239 Å². The highest BCUT2D eigenvalue weighted by Gasteiger charge is 2.37. The lowest BCUT2D eigenvalue weighted by molar-refractivity contribution is -0.155. The number of alkyl carbamates (subject to hydrolysis) is 1. The Hall–Kier alpha value is -5.78. The van der Waals surface area contributed by atoms with Crippen molar-refractivity contribution in [2.75, 3.05) is 33.8 Å². The van der Waals surface area contributed by atoms with Crippen molar-refractivity contribution < 1.29 is 57.7 Å². The number of cyclic esters (lactones) is 2. The number of carbonyl (C=O) groups is 8. The van der Waals surface area contributed by atoms with E-state index in [1.54, 1.807) is 58.0 Å². The van der Waals surface area contributed by atoms with Gasteiger partial charge in [0.15, 0.2) is 6.10 Å². The predicted molar refractivity (Wildman–Crippen MR) is 270 cm³/mol. The number of nitrogens with one attached hydrogen (secondary N) is 4. The lowest BCUT2D eigenvalue weighted by atomic mass is 9.90. The van der Waals surface area contributed by atoms with Crippen molar-refractivity contribution in [3.8, 4) is 0 Å². The third-order valence-electron chi connectivity index (χ3n) is 12.9. The Kier molecular flexibility index (Phi) is 27.2. The molecule has 0 spiro atoms. The summed E-state index contributed by atoms with van der Waals surface area (Å²) < 4.78 is 17.9. The van der Waals surface area contributed by atoms with E-state index in [0.717, 1.165) is 42.6 Å². The number of esters is 2. The summed E-state index contributed by atoms with van der Waals surface area (Å²) in [5.74, 6) is -6.13. The molecule has 6 amide bonds. The lowest BCUT2D eigenvalue weighted by Gasteiger charge is -2.33. The minimum Gasteiger partial charge on any atom is -0.456 e. The van der Waals surface area contributed by atoms with Crippen LogP contribution in [0.15, 0.2) is 53.6 Å². The van der Waals surface area contributed by atoms with Gasteiger partial charge in [-0.15, -0.1) is 0 Å². The van der Waals surface area contributed by atoms with Gasteiger partial charge in [-0.1, -0.05) is 109 Å². The Bertz CT molecular complexity index is 1970. The smallest absolute Gasteiger partial charge is 0.407 e. The van der Waals surface area contributed by atoms with E-state index in [4.69, 9.17) is 19.3 Å². The monoisotopic (exact) mass is 997 g/mol.